The molecule has 33 heavy (non-hydrogen) atoms. The van der Waals surface area contributed by atoms with Gasteiger partial charge in [-0.1, -0.05) is 17.8 Å². The van der Waals surface area contributed by atoms with Crippen LogP contribution in [0.3, 0.4) is 0 Å². The third-order valence-corrected chi connectivity index (χ3v) is 7.32. The number of carbonyl (C=O) groups excluding carboxylic acids is 1. The predicted molar refractivity (Wildman–Crippen MR) is 131 cm³/mol. The number of nitrogens with zero attached hydrogens (tertiary/aromatic N) is 5. The van der Waals surface area contributed by atoms with Crippen LogP contribution in [0, 0.1) is 27.7 Å². The Morgan fingerprint density at radius 3 is 2.39 bits per heavy atom. The summed E-state index contributed by atoms with van der Waals surface area (Å²) in [4.78, 5) is 15.5. The summed E-state index contributed by atoms with van der Waals surface area (Å²) in [6, 6.07) is 8.97. The number of ketones is 1. The zero-order valence-corrected chi connectivity index (χ0v) is 20.6. The molecule has 1 saturated carbocycles. The molecule has 8 heteroatoms. The molecule has 3 heterocycles. The fraction of sp³-hybridized carbons (Fsp3) is 0.480. The summed E-state index contributed by atoms with van der Waals surface area (Å²) in [5.74, 6) is 1.40. The van der Waals surface area contributed by atoms with E-state index in [2.05, 4.69) is 63.2 Å². The Hall–Kier alpha value is -2.58. The number of morpholine rings is 1. The van der Waals surface area contributed by atoms with Crippen molar-refractivity contribution in [3.8, 4) is 5.69 Å². The average Bonchev–Trinajstić information content (AvgIpc) is 3.46. The smallest absolute Gasteiger partial charge is 0.228 e. The van der Waals surface area contributed by atoms with Crippen LogP contribution >= 0.6 is 11.8 Å². The first kappa shape index (κ1) is 22.2. The number of carbonyl (C=O) groups is 1. The number of thioether (sulfide) groups is 1. The van der Waals surface area contributed by atoms with E-state index in [1.807, 2.05) is 13.0 Å². The maximum absolute atomic E-state index is 13.3. The van der Waals surface area contributed by atoms with Crippen LogP contribution in [-0.4, -0.2) is 57.2 Å². The van der Waals surface area contributed by atoms with E-state index in [0.717, 1.165) is 59.7 Å². The van der Waals surface area contributed by atoms with Crippen molar-refractivity contribution in [1.82, 2.24) is 19.3 Å². The van der Waals surface area contributed by atoms with Crippen LogP contribution in [-0.2, 0) is 4.74 Å². The van der Waals surface area contributed by atoms with E-state index in [-0.39, 0.29) is 5.78 Å². The quantitative estimate of drug-likeness (QED) is 0.379. The average molecular weight is 466 g/mol. The van der Waals surface area contributed by atoms with E-state index in [1.54, 1.807) is 0 Å². The lowest BCUT2D eigenvalue weighted by molar-refractivity contribution is 0.102. The molecule has 0 amide bonds. The van der Waals surface area contributed by atoms with Crippen LogP contribution < -0.4 is 4.90 Å². The van der Waals surface area contributed by atoms with Gasteiger partial charge in [0.1, 0.15) is 0 Å². The first-order chi connectivity index (χ1) is 15.9. The van der Waals surface area contributed by atoms with Gasteiger partial charge in [-0.05, 0) is 69.9 Å². The highest BCUT2D eigenvalue weighted by Crippen LogP contribution is 2.41. The SMILES string of the molecule is Cc1cc(C)cc(-n2c(C)cc(C(=O)CSc3nnc(N4CCOCC4)n3C3CC3)c2C)c1. The predicted octanol–water partition coefficient (Wildman–Crippen LogP) is 4.45. The first-order valence-electron chi connectivity index (χ1n) is 11.6. The third kappa shape index (κ3) is 4.46. The Morgan fingerprint density at radius 2 is 1.73 bits per heavy atom. The first-order valence-corrected chi connectivity index (χ1v) is 12.6. The highest BCUT2D eigenvalue weighted by molar-refractivity contribution is 7.99. The summed E-state index contributed by atoms with van der Waals surface area (Å²) in [6.07, 6.45) is 2.29. The molecule has 0 radical (unpaired) electrons. The van der Waals surface area contributed by atoms with Crippen LogP contribution in [0.15, 0.2) is 29.4 Å². The third-order valence-electron chi connectivity index (χ3n) is 6.38. The highest BCUT2D eigenvalue weighted by Gasteiger charge is 2.32. The number of Topliss-reactive ketones (excluding diaryl/α,β-unsaturated/α-hetero) is 1. The lowest BCUT2D eigenvalue weighted by atomic mass is 10.1. The van der Waals surface area contributed by atoms with E-state index < -0.39 is 0 Å². The maximum atomic E-state index is 13.3. The molecule has 174 valence electrons. The van der Waals surface area contributed by atoms with E-state index in [4.69, 9.17) is 4.74 Å². The topological polar surface area (TPSA) is 65.2 Å². The molecule has 1 aliphatic carbocycles. The van der Waals surface area contributed by atoms with Crippen molar-refractivity contribution in [2.45, 2.75) is 51.7 Å². The normalized spacial score (nSPS) is 16.4. The number of aryl methyl sites for hydroxylation is 3. The number of rotatable bonds is 7. The maximum Gasteiger partial charge on any atom is 0.228 e. The van der Waals surface area contributed by atoms with Gasteiger partial charge in [-0.3, -0.25) is 9.36 Å². The number of ether oxygens (including phenoxy) is 1. The molecule has 7 nitrogen and oxygen atoms in total. The minimum atomic E-state index is 0.127. The van der Waals surface area contributed by atoms with Crippen molar-refractivity contribution >= 4 is 23.5 Å². The summed E-state index contributed by atoms with van der Waals surface area (Å²) < 4.78 is 9.91. The minimum Gasteiger partial charge on any atom is -0.378 e. The van der Waals surface area contributed by atoms with Crippen molar-refractivity contribution in [3.63, 3.8) is 0 Å². The molecule has 1 aliphatic heterocycles. The molecule has 2 aliphatic rings. The van der Waals surface area contributed by atoms with Gasteiger partial charge in [-0.2, -0.15) is 0 Å². The van der Waals surface area contributed by atoms with Crippen LogP contribution in [0.2, 0.25) is 0 Å². The molecule has 0 bridgehead atoms. The summed E-state index contributed by atoms with van der Waals surface area (Å²) in [7, 11) is 0. The molecule has 5 rings (SSSR count). The van der Waals surface area contributed by atoms with E-state index in [0.29, 0.717) is 25.0 Å². The lowest BCUT2D eigenvalue weighted by Crippen LogP contribution is -2.38. The van der Waals surface area contributed by atoms with Crippen LogP contribution in [0.1, 0.15) is 51.8 Å². The molecule has 0 N–H and O–H groups in total. The van der Waals surface area contributed by atoms with Gasteiger partial charge in [-0.25, -0.2) is 0 Å². The van der Waals surface area contributed by atoms with Crippen LogP contribution in [0.4, 0.5) is 5.95 Å². The zero-order valence-electron chi connectivity index (χ0n) is 19.8. The number of aromatic nitrogens is 4. The molecule has 2 fully saturated rings. The van der Waals surface area contributed by atoms with Gasteiger partial charge in [0.25, 0.3) is 0 Å². The second kappa shape index (κ2) is 8.99. The Balaban J connectivity index is 1.36. The summed E-state index contributed by atoms with van der Waals surface area (Å²) in [6.45, 7) is 11.4. The second-order valence-corrected chi connectivity index (χ2v) is 10.1. The Kier molecular flexibility index (Phi) is 6.05. The molecule has 2 aromatic heterocycles. The molecular weight excluding hydrogens is 434 g/mol. The number of anilines is 1. The molecule has 3 aromatic rings. The van der Waals surface area contributed by atoms with Gasteiger partial charge in [0.2, 0.25) is 5.95 Å². The van der Waals surface area contributed by atoms with E-state index >= 15 is 0 Å². The van der Waals surface area contributed by atoms with Gasteiger partial charge in [0.15, 0.2) is 10.9 Å². The van der Waals surface area contributed by atoms with E-state index in [9.17, 15) is 4.79 Å². The molecular formula is C25H31N5O2S. The molecule has 0 unspecified atom stereocenters. The zero-order chi connectivity index (χ0) is 23.1. The lowest BCUT2D eigenvalue weighted by Gasteiger charge is -2.27. The fourth-order valence-electron chi connectivity index (χ4n) is 4.73. The largest absolute Gasteiger partial charge is 0.378 e. The Bertz CT molecular complexity index is 1170. The van der Waals surface area contributed by atoms with Crippen LogP contribution in [0.5, 0.6) is 0 Å². The molecule has 1 aromatic carbocycles. The number of hydrogen-bond donors (Lipinski definition) is 0. The van der Waals surface area contributed by atoms with Gasteiger partial charge in [0.05, 0.1) is 19.0 Å². The number of benzene rings is 1. The molecule has 0 atom stereocenters. The van der Waals surface area contributed by atoms with Crippen LogP contribution in [0.25, 0.3) is 5.69 Å². The monoisotopic (exact) mass is 465 g/mol. The highest BCUT2D eigenvalue weighted by atomic mass is 32.2. The van der Waals surface area contributed by atoms with Crippen molar-refractivity contribution in [3.05, 3.63) is 52.3 Å². The van der Waals surface area contributed by atoms with Gasteiger partial charge in [0, 0.05) is 41.8 Å². The Labute approximate surface area is 199 Å². The standard InChI is InChI=1S/C25H31N5O2S/c1-16-11-17(2)13-21(12-16)29-18(3)14-22(19(29)4)23(31)15-33-25-27-26-24(30(25)20-5-6-20)28-7-9-32-10-8-28/h11-14,20H,5-10,15H2,1-4H3. The minimum absolute atomic E-state index is 0.127. The van der Waals surface area contributed by atoms with Crippen molar-refractivity contribution in [2.75, 3.05) is 37.0 Å². The van der Waals surface area contributed by atoms with Crippen molar-refractivity contribution < 1.29 is 9.53 Å². The van der Waals surface area contributed by atoms with E-state index in [1.165, 1.54) is 22.9 Å². The van der Waals surface area contributed by atoms with Crippen molar-refractivity contribution in [2.24, 2.45) is 0 Å². The number of hydrogen-bond acceptors (Lipinski definition) is 6. The fourth-order valence-corrected chi connectivity index (χ4v) is 5.61. The van der Waals surface area contributed by atoms with Crippen molar-refractivity contribution in [1.29, 1.82) is 0 Å². The van der Waals surface area contributed by atoms with Gasteiger partial charge >= 0.3 is 0 Å². The molecule has 1 saturated heterocycles. The summed E-state index contributed by atoms with van der Waals surface area (Å²) >= 11 is 1.50. The molecule has 0 spiro atoms. The van der Waals surface area contributed by atoms with Gasteiger partial charge < -0.3 is 14.2 Å². The second-order valence-electron chi connectivity index (χ2n) is 9.16. The van der Waals surface area contributed by atoms with Gasteiger partial charge in [-0.15, -0.1) is 10.2 Å². The summed E-state index contributed by atoms with van der Waals surface area (Å²) in [5, 5.41) is 9.80. The summed E-state index contributed by atoms with van der Waals surface area (Å²) in [5.41, 5.74) is 6.39. The Morgan fingerprint density at radius 1 is 1.03 bits per heavy atom.